The topological polar surface area (TPSA) is 88.6 Å². The fourth-order valence-electron chi connectivity index (χ4n) is 3.17. The summed E-state index contributed by atoms with van der Waals surface area (Å²) in [4.78, 5) is 42.4. The molecule has 2 heterocycles. The first-order valence-electron chi connectivity index (χ1n) is 9.36. The summed E-state index contributed by atoms with van der Waals surface area (Å²) in [5.41, 5.74) is 1.64. The smallest absolute Gasteiger partial charge is 0.338 e. The number of piperidine rings is 1. The normalized spacial score (nSPS) is 14.4. The molecular formula is C21H23N3O4. The van der Waals surface area contributed by atoms with E-state index in [4.69, 9.17) is 4.74 Å². The van der Waals surface area contributed by atoms with Gasteiger partial charge in [0, 0.05) is 37.1 Å². The lowest BCUT2D eigenvalue weighted by molar-refractivity contribution is -0.121. The SMILES string of the molecule is CCOC(=O)c1ccc(NC(=O)C2CCN(C(=O)c3cccnc3)CC2)cc1. The molecule has 0 aliphatic carbocycles. The van der Waals surface area contributed by atoms with Crippen LogP contribution in [0.15, 0.2) is 48.8 Å². The molecule has 0 spiro atoms. The van der Waals surface area contributed by atoms with Gasteiger partial charge in [0.15, 0.2) is 0 Å². The summed E-state index contributed by atoms with van der Waals surface area (Å²) in [6.45, 7) is 3.14. The first-order chi connectivity index (χ1) is 13.6. The number of ether oxygens (including phenoxy) is 1. The van der Waals surface area contributed by atoms with Crippen LogP contribution in [-0.2, 0) is 9.53 Å². The molecule has 1 aliphatic rings. The van der Waals surface area contributed by atoms with Crippen LogP contribution in [0.4, 0.5) is 5.69 Å². The van der Waals surface area contributed by atoms with Crippen molar-refractivity contribution in [3.63, 3.8) is 0 Å². The van der Waals surface area contributed by atoms with E-state index in [1.165, 1.54) is 0 Å². The molecule has 7 nitrogen and oxygen atoms in total. The van der Waals surface area contributed by atoms with E-state index in [0.29, 0.717) is 49.4 Å². The Hall–Kier alpha value is -3.22. The number of nitrogens with one attached hydrogen (secondary N) is 1. The van der Waals surface area contributed by atoms with Gasteiger partial charge in [0.05, 0.1) is 17.7 Å². The van der Waals surface area contributed by atoms with Crippen molar-refractivity contribution in [1.29, 1.82) is 0 Å². The van der Waals surface area contributed by atoms with Gasteiger partial charge in [0.1, 0.15) is 0 Å². The monoisotopic (exact) mass is 381 g/mol. The highest BCUT2D eigenvalue weighted by atomic mass is 16.5. The Kier molecular flexibility index (Phi) is 6.37. The van der Waals surface area contributed by atoms with E-state index < -0.39 is 0 Å². The summed E-state index contributed by atoms with van der Waals surface area (Å²) in [5, 5.41) is 2.88. The highest BCUT2D eigenvalue weighted by molar-refractivity contribution is 5.95. The largest absolute Gasteiger partial charge is 0.462 e. The van der Waals surface area contributed by atoms with Crippen LogP contribution in [-0.4, -0.2) is 47.4 Å². The third-order valence-electron chi connectivity index (χ3n) is 4.73. The number of benzene rings is 1. The van der Waals surface area contributed by atoms with Gasteiger partial charge in [-0.05, 0) is 56.2 Å². The Bertz CT molecular complexity index is 828. The number of hydrogen-bond donors (Lipinski definition) is 1. The Morgan fingerprint density at radius 2 is 1.82 bits per heavy atom. The number of esters is 1. The Morgan fingerprint density at radius 1 is 1.11 bits per heavy atom. The first-order valence-corrected chi connectivity index (χ1v) is 9.36. The second-order valence-corrected chi connectivity index (χ2v) is 6.60. The van der Waals surface area contributed by atoms with Crippen LogP contribution in [0.25, 0.3) is 0 Å². The van der Waals surface area contributed by atoms with E-state index >= 15 is 0 Å². The van der Waals surface area contributed by atoms with Gasteiger partial charge in [0.2, 0.25) is 5.91 Å². The number of anilines is 1. The molecular weight excluding hydrogens is 358 g/mol. The van der Waals surface area contributed by atoms with Gasteiger partial charge in [-0.3, -0.25) is 14.6 Å². The Balaban J connectivity index is 1.51. The summed E-state index contributed by atoms with van der Waals surface area (Å²) < 4.78 is 4.94. The second-order valence-electron chi connectivity index (χ2n) is 6.60. The lowest BCUT2D eigenvalue weighted by atomic mass is 9.95. The van der Waals surface area contributed by atoms with E-state index in [0.717, 1.165) is 0 Å². The number of carbonyl (C=O) groups is 3. The van der Waals surface area contributed by atoms with Crippen molar-refractivity contribution in [3.8, 4) is 0 Å². The van der Waals surface area contributed by atoms with Crippen molar-refractivity contribution in [1.82, 2.24) is 9.88 Å². The zero-order valence-electron chi connectivity index (χ0n) is 15.8. The second kappa shape index (κ2) is 9.12. The third-order valence-corrected chi connectivity index (χ3v) is 4.73. The summed E-state index contributed by atoms with van der Waals surface area (Å²) in [5.74, 6) is -0.660. The number of likely N-dealkylation sites (tertiary alicyclic amines) is 1. The van der Waals surface area contributed by atoms with Crippen molar-refractivity contribution in [3.05, 3.63) is 59.9 Å². The molecule has 7 heteroatoms. The molecule has 1 saturated heterocycles. The molecule has 28 heavy (non-hydrogen) atoms. The molecule has 1 N–H and O–H groups in total. The summed E-state index contributed by atoms with van der Waals surface area (Å²) >= 11 is 0. The molecule has 1 aliphatic heterocycles. The lowest BCUT2D eigenvalue weighted by Gasteiger charge is -2.31. The standard InChI is InChI=1S/C21H23N3O4/c1-2-28-21(27)16-5-7-18(8-6-16)23-19(25)15-9-12-24(13-10-15)20(26)17-4-3-11-22-14-17/h3-8,11,14-15H,2,9-10,12-13H2,1H3,(H,23,25). The predicted molar refractivity (Wildman–Crippen MR) is 104 cm³/mol. The van der Waals surface area contributed by atoms with E-state index in [2.05, 4.69) is 10.3 Å². The molecule has 0 radical (unpaired) electrons. The summed E-state index contributed by atoms with van der Waals surface area (Å²) in [7, 11) is 0. The molecule has 0 unspecified atom stereocenters. The number of rotatable bonds is 5. The first kappa shape index (κ1) is 19.5. The van der Waals surface area contributed by atoms with Gasteiger partial charge < -0.3 is 15.0 Å². The zero-order valence-corrected chi connectivity index (χ0v) is 15.8. The molecule has 2 aromatic rings. The molecule has 0 saturated carbocycles. The molecule has 1 aromatic carbocycles. The average Bonchev–Trinajstić information content (AvgIpc) is 2.74. The van der Waals surface area contributed by atoms with E-state index in [1.807, 2.05) is 0 Å². The molecule has 3 rings (SSSR count). The van der Waals surface area contributed by atoms with Crippen LogP contribution < -0.4 is 5.32 Å². The van der Waals surface area contributed by atoms with Crippen molar-refractivity contribution < 1.29 is 19.1 Å². The third kappa shape index (κ3) is 4.73. The molecule has 1 fully saturated rings. The minimum Gasteiger partial charge on any atom is -0.462 e. The average molecular weight is 381 g/mol. The van der Waals surface area contributed by atoms with Gasteiger partial charge in [-0.2, -0.15) is 0 Å². The maximum atomic E-state index is 12.5. The highest BCUT2D eigenvalue weighted by Crippen LogP contribution is 2.21. The Morgan fingerprint density at radius 3 is 2.43 bits per heavy atom. The maximum absolute atomic E-state index is 12.5. The highest BCUT2D eigenvalue weighted by Gasteiger charge is 2.28. The molecule has 0 bridgehead atoms. The summed E-state index contributed by atoms with van der Waals surface area (Å²) in [6.07, 6.45) is 4.41. The van der Waals surface area contributed by atoms with E-state index in [1.54, 1.807) is 60.6 Å². The quantitative estimate of drug-likeness (QED) is 0.805. The van der Waals surface area contributed by atoms with Crippen LogP contribution in [0.5, 0.6) is 0 Å². The van der Waals surface area contributed by atoms with Gasteiger partial charge in [-0.1, -0.05) is 0 Å². The van der Waals surface area contributed by atoms with Crippen molar-refractivity contribution in [2.45, 2.75) is 19.8 Å². The maximum Gasteiger partial charge on any atom is 0.338 e. The van der Waals surface area contributed by atoms with Gasteiger partial charge in [-0.15, -0.1) is 0 Å². The van der Waals surface area contributed by atoms with Gasteiger partial charge in [-0.25, -0.2) is 4.79 Å². The Labute approximate surface area is 163 Å². The number of aromatic nitrogens is 1. The van der Waals surface area contributed by atoms with Crippen LogP contribution in [0, 0.1) is 5.92 Å². The molecule has 1 aromatic heterocycles. The number of nitrogens with zero attached hydrogens (tertiary/aromatic N) is 2. The van der Waals surface area contributed by atoms with E-state index in [9.17, 15) is 14.4 Å². The zero-order chi connectivity index (χ0) is 19.9. The number of hydrogen-bond acceptors (Lipinski definition) is 5. The number of pyridine rings is 1. The fourth-order valence-corrected chi connectivity index (χ4v) is 3.17. The number of carbonyl (C=O) groups excluding carboxylic acids is 3. The van der Waals surface area contributed by atoms with Crippen molar-refractivity contribution in [2.24, 2.45) is 5.92 Å². The van der Waals surface area contributed by atoms with Crippen LogP contribution >= 0.6 is 0 Å². The predicted octanol–water partition coefficient (Wildman–Crippen LogP) is 2.75. The minimum absolute atomic E-state index is 0.0542. The van der Waals surface area contributed by atoms with Crippen molar-refractivity contribution >= 4 is 23.5 Å². The number of amides is 2. The van der Waals surface area contributed by atoms with Gasteiger partial charge >= 0.3 is 5.97 Å². The molecule has 0 atom stereocenters. The van der Waals surface area contributed by atoms with Gasteiger partial charge in [0.25, 0.3) is 5.91 Å². The van der Waals surface area contributed by atoms with Crippen LogP contribution in [0.1, 0.15) is 40.5 Å². The van der Waals surface area contributed by atoms with E-state index in [-0.39, 0.29) is 23.7 Å². The van der Waals surface area contributed by atoms with Crippen molar-refractivity contribution in [2.75, 3.05) is 25.0 Å². The fraction of sp³-hybridized carbons (Fsp3) is 0.333. The van der Waals surface area contributed by atoms with Crippen LogP contribution in [0.3, 0.4) is 0 Å². The lowest BCUT2D eigenvalue weighted by Crippen LogP contribution is -2.41. The summed E-state index contributed by atoms with van der Waals surface area (Å²) in [6, 6.07) is 10.1. The minimum atomic E-state index is -0.383. The molecule has 146 valence electrons. The molecule has 2 amide bonds. The van der Waals surface area contributed by atoms with Crippen LogP contribution in [0.2, 0.25) is 0 Å².